The fourth-order valence-electron chi connectivity index (χ4n) is 1.88. The van der Waals surface area contributed by atoms with Crippen molar-refractivity contribution >= 4 is 23.2 Å². The molecule has 0 radical (unpaired) electrons. The molecule has 0 saturated carbocycles. The molecule has 0 aliphatic heterocycles. The van der Waals surface area contributed by atoms with E-state index in [9.17, 15) is 9.18 Å². The second-order valence-electron chi connectivity index (χ2n) is 4.02. The Morgan fingerprint density at radius 2 is 2.00 bits per heavy atom. The third kappa shape index (κ3) is 1.90. The summed E-state index contributed by atoms with van der Waals surface area (Å²) in [7, 11) is 0. The van der Waals surface area contributed by atoms with Crippen LogP contribution in [-0.4, -0.2) is 25.7 Å². The van der Waals surface area contributed by atoms with Crippen LogP contribution in [0.3, 0.4) is 0 Å². The van der Waals surface area contributed by atoms with E-state index in [0.29, 0.717) is 5.65 Å². The van der Waals surface area contributed by atoms with Crippen molar-refractivity contribution in [1.82, 2.24) is 14.6 Å². The summed E-state index contributed by atoms with van der Waals surface area (Å²) in [5.41, 5.74) is 0.294. The number of aromatic nitrogens is 3. The molecule has 100 valence electrons. The van der Waals surface area contributed by atoms with Gasteiger partial charge >= 0.3 is 5.97 Å². The Morgan fingerprint density at radius 3 is 2.70 bits per heavy atom. The molecule has 3 rings (SSSR count). The maximum atomic E-state index is 13.8. The average molecular weight is 292 g/mol. The van der Waals surface area contributed by atoms with Gasteiger partial charge < -0.3 is 5.11 Å². The fourth-order valence-corrected chi connectivity index (χ4v) is 2.13. The van der Waals surface area contributed by atoms with Crippen LogP contribution < -0.4 is 0 Å². The molecule has 0 unspecified atom stereocenters. The number of aromatic carboxylic acids is 1. The molecule has 20 heavy (non-hydrogen) atoms. The number of carbonyl (C=O) groups is 1. The van der Waals surface area contributed by atoms with Crippen LogP contribution in [-0.2, 0) is 0 Å². The topological polar surface area (TPSA) is 67.5 Å². The highest BCUT2D eigenvalue weighted by molar-refractivity contribution is 6.33. The smallest absolute Gasteiger partial charge is 0.354 e. The predicted molar refractivity (Wildman–Crippen MR) is 70.4 cm³/mol. The SMILES string of the molecule is O=C(O)c1cccc2nc(-c3c(F)cccc3Cl)nn12. The Kier molecular flexibility index (Phi) is 2.87. The standard InChI is InChI=1S/C13H7ClFN3O2/c14-7-3-1-4-8(15)11(7)12-16-10-6-2-5-9(13(19)20)18(10)17-12/h1-6H,(H,19,20). The highest BCUT2D eigenvalue weighted by Gasteiger charge is 2.17. The summed E-state index contributed by atoms with van der Waals surface area (Å²) in [6.45, 7) is 0. The minimum atomic E-state index is -1.15. The van der Waals surface area contributed by atoms with Crippen LogP contribution >= 0.6 is 11.6 Å². The van der Waals surface area contributed by atoms with Gasteiger partial charge in [-0.15, -0.1) is 5.10 Å². The number of hydrogen-bond donors (Lipinski definition) is 1. The van der Waals surface area contributed by atoms with Gasteiger partial charge in [0.1, 0.15) is 5.82 Å². The molecule has 0 spiro atoms. The summed E-state index contributed by atoms with van der Waals surface area (Å²) in [6.07, 6.45) is 0. The summed E-state index contributed by atoms with van der Waals surface area (Å²) in [6, 6.07) is 8.74. The van der Waals surface area contributed by atoms with Crippen molar-refractivity contribution < 1.29 is 14.3 Å². The molecular weight excluding hydrogens is 285 g/mol. The maximum Gasteiger partial charge on any atom is 0.354 e. The maximum absolute atomic E-state index is 13.8. The second-order valence-corrected chi connectivity index (χ2v) is 4.43. The first-order chi connectivity index (χ1) is 9.58. The zero-order valence-corrected chi connectivity index (χ0v) is 10.7. The molecule has 2 aromatic heterocycles. The zero-order valence-electron chi connectivity index (χ0n) is 9.92. The number of carboxylic acids is 1. The molecular formula is C13H7ClFN3O2. The average Bonchev–Trinajstić information content (AvgIpc) is 2.81. The Hall–Kier alpha value is -2.47. The van der Waals surface area contributed by atoms with Crippen molar-refractivity contribution in [3.05, 3.63) is 52.9 Å². The van der Waals surface area contributed by atoms with Crippen molar-refractivity contribution in [3.8, 4) is 11.4 Å². The summed E-state index contributed by atoms with van der Waals surface area (Å²) >= 11 is 5.95. The number of halogens is 2. The number of hydrogen-bond acceptors (Lipinski definition) is 3. The van der Waals surface area contributed by atoms with E-state index in [-0.39, 0.29) is 22.1 Å². The molecule has 1 aromatic carbocycles. The predicted octanol–water partition coefficient (Wildman–Crippen LogP) is 2.89. The van der Waals surface area contributed by atoms with Crippen molar-refractivity contribution in [3.63, 3.8) is 0 Å². The lowest BCUT2D eigenvalue weighted by molar-refractivity contribution is 0.0687. The van der Waals surface area contributed by atoms with E-state index in [1.165, 1.54) is 24.3 Å². The van der Waals surface area contributed by atoms with E-state index in [1.54, 1.807) is 12.1 Å². The number of pyridine rings is 1. The Labute approximate surface area is 117 Å². The molecule has 3 aromatic rings. The van der Waals surface area contributed by atoms with Gasteiger partial charge in [-0.2, -0.15) is 0 Å². The molecule has 0 saturated heterocycles. The molecule has 0 aliphatic rings. The summed E-state index contributed by atoms with van der Waals surface area (Å²) in [4.78, 5) is 15.2. The van der Waals surface area contributed by atoms with Gasteiger partial charge in [-0.1, -0.05) is 23.7 Å². The number of benzene rings is 1. The van der Waals surface area contributed by atoms with Crippen LogP contribution in [0.25, 0.3) is 17.0 Å². The quantitative estimate of drug-likeness (QED) is 0.788. The number of rotatable bonds is 2. The minimum Gasteiger partial charge on any atom is -0.477 e. The third-order valence-corrected chi connectivity index (χ3v) is 3.08. The van der Waals surface area contributed by atoms with Crippen LogP contribution in [0.1, 0.15) is 10.5 Å². The first-order valence-electron chi connectivity index (χ1n) is 5.61. The summed E-state index contributed by atoms with van der Waals surface area (Å²) in [5.74, 6) is -1.67. The van der Waals surface area contributed by atoms with Gasteiger partial charge in [-0.05, 0) is 24.3 Å². The molecule has 0 aliphatic carbocycles. The van der Waals surface area contributed by atoms with Gasteiger partial charge in [-0.25, -0.2) is 18.7 Å². The molecule has 0 bridgehead atoms. The summed E-state index contributed by atoms with van der Waals surface area (Å²) < 4.78 is 15.0. The van der Waals surface area contributed by atoms with Crippen molar-refractivity contribution in [2.24, 2.45) is 0 Å². The number of fused-ring (bicyclic) bond motifs is 1. The first-order valence-corrected chi connectivity index (χ1v) is 5.99. The van der Waals surface area contributed by atoms with Crippen LogP contribution in [0.5, 0.6) is 0 Å². The van der Waals surface area contributed by atoms with Crippen LogP contribution in [0.2, 0.25) is 5.02 Å². The molecule has 2 heterocycles. The lowest BCUT2D eigenvalue weighted by atomic mass is 10.2. The van der Waals surface area contributed by atoms with Crippen LogP contribution in [0.15, 0.2) is 36.4 Å². The van der Waals surface area contributed by atoms with Gasteiger partial charge in [0.25, 0.3) is 0 Å². The highest BCUT2D eigenvalue weighted by atomic mass is 35.5. The molecule has 1 N–H and O–H groups in total. The zero-order chi connectivity index (χ0) is 14.3. The third-order valence-electron chi connectivity index (χ3n) is 2.77. The fraction of sp³-hybridized carbons (Fsp3) is 0. The molecule has 7 heteroatoms. The number of carboxylic acid groups (broad SMARTS) is 1. The van der Waals surface area contributed by atoms with Crippen molar-refractivity contribution in [2.75, 3.05) is 0 Å². The molecule has 5 nitrogen and oxygen atoms in total. The van der Waals surface area contributed by atoms with Gasteiger partial charge in [0.15, 0.2) is 17.2 Å². The van der Waals surface area contributed by atoms with E-state index < -0.39 is 11.8 Å². The normalized spacial score (nSPS) is 10.9. The highest BCUT2D eigenvalue weighted by Crippen LogP contribution is 2.28. The molecule has 0 amide bonds. The Balaban J connectivity index is 2.29. The van der Waals surface area contributed by atoms with E-state index in [2.05, 4.69) is 10.1 Å². The van der Waals surface area contributed by atoms with Crippen molar-refractivity contribution in [1.29, 1.82) is 0 Å². The Bertz CT molecular complexity index is 811. The monoisotopic (exact) mass is 291 g/mol. The van der Waals surface area contributed by atoms with Crippen LogP contribution in [0, 0.1) is 5.82 Å². The second kappa shape index (κ2) is 4.57. The largest absolute Gasteiger partial charge is 0.477 e. The van der Waals surface area contributed by atoms with Gasteiger partial charge in [0, 0.05) is 0 Å². The number of nitrogens with zero attached hydrogens (tertiary/aromatic N) is 3. The van der Waals surface area contributed by atoms with Crippen molar-refractivity contribution in [2.45, 2.75) is 0 Å². The van der Waals surface area contributed by atoms with Gasteiger partial charge in [0.2, 0.25) is 0 Å². The lowest BCUT2D eigenvalue weighted by Crippen LogP contribution is -2.05. The lowest BCUT2D eigenvalue weighted by Gasteiger charge is -2.00. The molecule has 0 fully saturated rings. The Morgan fingerprint density at radius 1 is 1.25 bits per heavy atom. The minimum absolute atomic E-state index is 0.0433. The van der Waals surface area contributed by atoms with E-state index >= 15 is 0 Å². The van der Waals surface area contributed by atoms with E-state index in [4.69, 9.17) is 16.7 Å². The van der Waals surface area contributed by atoms with E-state index in [1.807, 2.05) is 0 Å². The van der Waals surface area contributed by atoms with Crippen LogP contribution in [0.4, 0.5) is 4.39 Å². The first kappa shape index (κ1) is 12.6. The van der Waals surface area contributed by atoms with E-state index in [0.717, 1.165) is 4.52 Å². The summed E-state index contributed by atoms with van der Waals surface area (Å²) in [5, 5.41) is 13.3. The molecule has 0 atom stereocenters. The van der Waals surface area contributed by atoms with Gasteiger partial charge in [0.05, 0.1) is 10.6 Å². The van der Waals surface area contributed by atoms with Gasteiger partial charge in [-0.3, -0.25) is 0 Å².